The molecule has 3 aromatic rings. The van der Waals surface area contributed by atoms with Gasteiger partial charge in [-0.15, -0.1) is 0 Å². The first kappa shape index (κ1) is 17.0. The Kier molecular flexibility index (Phi) is 5.69. The van der Waals surface area contributed by atoms with Gasteiger partial charge < -0.3 is 4.74 Å². The fourth-order valence-corrected chi connectivity index (χ4v) is 2.73. The third kappa shape index (κ3) is 4.39. The van der Waals surface area contributed by atoms with Crippen LogP contribution in [0.25, 0.3) is 23.3 Å². The number of benzene rings is 3. The molecule has 1 atom stereocenters. The van der Waals surface area contributed by atoms with Crippen LogP contribution in [0, 0.1) is 0 Å². The summed E-state index contributed by atoms with van der Waals surface area (Å²) in [5.41, 5.74) is 4.69. The molecule has 1 nitrogen and oxygen atoms in total. The summed E-state index contributed by atoms with van der Waals surface area (Å²) in [5.74, 6) is 0.933. The summed E-state index contributed by atoms with van der Waals surface area (Å²) in [6.45, 7) is 4.26. The van der Waals surface area contributed by atoms with Crippen LogP contribution in [0.15, 0.2) is 78.9 Å². The molecule has 1 heteroatoms. The molecule has 0 radical (unpaired) electrons. The van der Waals surface area contributed by atoms with E-state index in [0.717, 1.165) is 17.7 Å². The van der Waals surface area contributed by atoms with Gasteiger partial charge in [0, 0.05) is 5.56 Å². The van der Waals surface area contributed by atoms with Crippen molar-refractivity contribution in [2.75, 3.05) is 0 Å². The molecule has 0 amide bonds. The van der Waals surface area contributed by atoms with E-state index < -0.39 is 0 Å². The molecule has 0 saturated carbocycles. The van der Waals surface area contributed by atoms with Crippen molar-refractivity contribution >= 4 is 12.2 Å². The van der Waals surface area contributed by atoms with Crippen LogP contribution in [0.3, 0.4) is 0 Å². The Morgan fingerprint density at radius 1 is 0.800 bits per heavy atom. The van der Waals surface area contributed by atoms with Gasteiger partial charge in [-0.1, -0.05) is 91.9 Å². The van der Waals surface area contributed by atoms with Crippen LogP contribution in [-0.4, -0.2) is 6.10 Å². The fraction of sp³-hybridized carbons (Fsp3) is 0.167. The highest BCUT2D eigenvalue weighted by molar-refractivity contribution is 5.84. The minimum atomic E-state index is 0.190. The maximum absolute atomic E-state index is 6.19. The van der Waals surface area contributed by atoms with Crippen LogP contribution in [-0.2, 0) is 0 Å². The summed E-state index contributed by atoms with van der Waals surface area (Å²) in [4.78, 5) is 0. The van der Waals surface area contributed by atoms with E-state index in [2.05, 4.69) is 92.7 Å². The van der Waals surface area contributed by atoms with Crippen molar-refractivity contribution in [1.82, 2.24) is 0 Å². The highest BCUT2D eigenvalue weighted by Gasteiger charge is 2.11. The van der Waals surface area contributed by atoms with E-state index in [0.29, 0.717) is 0 Å². The Hall–Kier alpha value is -2.80. The first-order valence-electron chi connectivity index (χ1n) is 8.86. The Morgan fingerprint density at radius 2 is 1.48 bits per heavy atom. The summed E-state index contributed by atoms with van der Waals surface area (Å²) < 4.78 is 6.19. The third-order valence-electron chi connectivity index (χ3n) is 4.30. The van der Waals surface area contributed by atoms with E-state index in [1.54, 1.807) is 0 Å². The number of hydrogen-bond donors (Lipinski definition) is 0. The number of rotatable bonds is 6. The van der Waals surface area contributed by atoms with Gasteiger partial charge in [-0.3, -0.25) is 0 Å². The first-order chi connectivity index (χ1) is 12.3. The second-order valence-electron chi connectivity index (χ2n) is 6.16. The second kappa shape index (κ2) is 8.34. The fourth-order valence-electron chi connectivity index (χ4n) is 2.73. The lowest BCUT2D eigenvalue weighted by molar-refractivity contribution is 0.217. The van der Waals surface area contributed by atoms with Crippen LogP contribution < -0.4 is 4.74 Å². The smallest absolute Gasteiger partial charge is 0.127 e. The molecule has 0 aromatic heterocycles. The van der Waals surface area contributed by atoms with Crippen molar-refractivity contribution in [3.8, 4) is 16.9 Å². The SMILES string of the molecule is CCC(C)Oc1cccc(-c2ccccc2)c1C=Cc1ccccc1. The minimum absolute atomic E-state index is 0.190. The van der Waals surface area contributed by atoms with Crippen LogP contribution in [0.1, 0.15) is 31.4 Å². The molecule has 0 aliphatic carbocycles. The van der Waals surface area contributed by atoms with Crippen molar-refractivity contribution in [3.05, 3.63) is 90.0 Å². The molecule has 0 aliphatic heterocycles. The van der Waals surface area contributed by atoms with Gasteiger partial charge in [0.2, 0.25) is 0 Å². The average Bonchev–Trinajstić information content (AvgIpc) is 2.68. The molecule has 0 fully saturated rings. The van der Waals surface area contributed by atoms with Gasteiger partial charge in [-0.2, -0.15) is 0 Å². The molecule has 3 rings (SSSR count). The van der Waals surface area contributed by atoms with Gasteiger partial charge >= 0.3 is 0 Å². The molecule has 0 N–H and O–H groups in total. The van der Waals surface area contributed by atoms with E-state index >= 15 is 0 Å². The lowest BCUT2D eigenvalue weighted by Gasteiger charge is -2.17. The number of ether oxygens (including phenoxy) is 1. The second-order valence-corrected chi connectivity index (χ2v) is 6.16. The van der Waals surface area contributed by atoms with Crippen LogP contribution in [0.4, 0.5) is 0 Å². The van der Waals surface area contributed by atoms with Crippen molar-refractivity contribution in [2.45, 2.75) is 26.4 Å². The standard InChI is InChI=1S/C24H24O/c1-3-19(2)25-24-16-10-15-22(21-13-8-5-9-14-21)23(24)18-17-20-11-6-4-7-12-20/h4-19H,3H2,1-2H3. The topological polar surface area (TPSA) is 9.23 Å². The van der Waals surface area contributed by atoms with E-state index in [9.17, 15) is 0 Å². The highest BCUT2D eigenvalue weighted by atomic mass is 16.5. The molecule has 0 heterocycles. The summed E-state index contributed by atoms with van der Waals surface area (Å²) in [6.07, 6.45) is 5.48. The zero-order valence-electron chi connectivity index (χ0n) is 14.9. The molecular formula is C24H24O. The largest absolute Gasteiger partial charge is 0.490 e. The Labute approximate surface area is 150 Å². The van der Waals surface area contributed by atoms with E-state index in [1.807, 2.05) is 12.1 Å². The highest BCUT2D eigenvalue weighted by Crippen LogP contribution is 2.33. The summed E-state index contributed by atoms with van der Waals surface area (Å²) in [7, 11) is 0. The van der Waals surface area contributed by atoms with Crippen LogP contribution in [0.5, 0.6) is 5.75 Å². The Morgan fingerprint density at radius 3 is 2.16 bits per heavy atom. The number of hydrogen-bond acceptors (Lipinski definition) is 1. The van der Waals surface area contributed by atoms with E-state index in [4.69, 9.17) is 4.74 Å². The van der Waals surface area contributed by atoms with Crippen molar-refractivity contribution in [3.63, 3.8) is 0 Å². The third-order valence-corrected chi connectivity index (χ3v) is 4.30. The van der Waals surface area contributed by atoms with Gasteiger partial charge in [0.25, 0.3) is 0 Å². The van der Waals surface area contributed by atoms with Crippen molar-refractivity contribution < 1.29 is 4.74 Å². The molecule has 0 spiro atoms. The van der Waals surface area contributed by atoms with Gasteiger partial charge in [0.05, 0.1) is 6.10 Å². The van der Waals surface area contributed by atoms with Gasteiger partial charge in [-0.05, 0) is 36.1 Å². The molecule has 126 valence electrons. The Bertz CT molecular complexity index is 819. The maximum Gasteiger partial charge on any atom is 0.127 e. The van der Waals surface area contributed by atoms with E-state index in [-0.39, 0.29) is 6.10 Å². The predicted molar refractivity (Wildman–Crippen MR) is 108 cm³/mol. The first-order valence-corrected chi connectivity index (χ1v) is 8.86. The molecule has 0 aliphatic rings. The normalized spacial score (nSPS) is 12.2. The molecule has 3 aromatic carbocycles. The summed E-state index contributed by atoms with van der Waals surface area (Å²) >= 11 is 0. The van der Waals surface area contributed by atoms with Crippen LogP contribution in [0.2, 0.25) is 0 Å². The van der Waals surface area contributed by atoms with Gasteiger partial charge in [-0.25, -0.2) is 0 Å². The van der Waals surface area contributed by atoms with Gasteiger partial charge in [0.15, 0.2) is 0 Å². The van der Waals surface area contributed by atoms with Crippen molar-refractivity contribution in [1.29, 1.82) is 0 Å². The quantitative estimate of drug-likeness (QED) is 0.457. The predicted octanol–water partition coefficient (Wildman–Crippen LogP) is 6.70. The zero-order valence-corrected chi connectivity index (χ0v) is 14.9. The average molecular weight is 328 g/mol. The van der Waals surface area contributed by atoms with Gasteiger partial charge in [0.1, 0.15) is 5.75 Å². The lowest BCUT2D eigenvalue weighted by Crippen LogP contribution is -2.10. The molecule has 0 bridgehead atoms. The van der Waals surface area contributed by atoms with Crippen molar-refractivity contribution in [2.24, 2.45) is 0 Å². The lowest BCUT2D eigenvalue weighted by atomic mass is 9.98. The maximum atomic E-state index is 6.19. The minimum Gasteiger partial charge on any atom is -0.490 e. The molecule has 0 saturated heterocycles. The monoisotopic (exact) mass is 328 g/mol. The van der Waals surface area contributed by atoms with E-state index in [1.165, 1.54) is 16.7 Å². The zero-order chi connectivity index (χ0) is 17.5. The molecule has 1 unspecified atom stereocenters. The summed E-state index contributed by atoms with van der Waals surface area (Å²) in [5, 5.41) is 0. The molecule has 25 heavy (non-hydrogen) atoms. The molecular weight excluding hydrogens is 304 g/mol. The summed E-state index contributed by atoms with van der Waals surface area (Å²) in [6, 6.07) is 27.1. The Balaban J connectivity index is 2.06. The van der Waals surface area contributed by atoms with Crippen LogP contribution >= 0.6 is 0 Å².